The molecule has 0 unspecified atom stereocenters. The highest BCUT2D eigenvalue weighted by Gasteiger charge is 2.25. The van der Waals surface area contributed by atoms with Gasteiger partial charge in [0.15, 0.2) is 5.78 Å². The van der Waals surface area contributed by atoms with Gasteiger partial charge in [-0.05, 0) is 22.6 Å². The summed E-state index contributed by atoms with van der Waals surface area (Å²) < 4.78 is 0. The fourth-order valence-corrected chi connectivity index (χ4v) is 4.03. The van der Waals surface area contributed by atoms with E-state index in [4.69, 9.17) is 5.84 Å². The molecular formula is C19H14N2O2S. The number of amides is 1. The molecular weight excluding hydrogens is 320 g/mol. The predicted octanol–water partition coefficient (Wildman–Crippen LogP) is 3.13. The largest absolute Gasteiger partial charge is 0.294 e. The van der Waals surface area contributed by atoms with Crippen molar-refractivity contribution < 1.29 is 9.59 Å². The molecule has 118 valence electrons. The van der Waals surface area contributed by atoms with E-state index in [1.165, 1.54) is 11.8 Å². The van der Waals surface area contributed by atoms with Crippen molar-refractivity contribution in [2.24, 2.45) is 5.84 Å². The Morgan fingerprint density at radius 3 is 2.46 bits per heavy atom. The molecule has 24 heavy (non-hydrogen) atoms. The van der Waals surface area contributed by atoms with Crippen LogP contribution in [0.2, 0.25) is 0 Å². The minimum absolute atomic E-state index is 0.0468. The first-order valence-electron chi connectivity index (χ1n) is 7.53. The van der Waals surface area contributed by atoms with Gasteiger partial charge in [-0.3, -0.25) is 15.0 Å². The van der Waals surface area contributed by atoms with Crippen LogP contribution in [0, 0.1) is 0 Å². The quantitative estimate of drug-likeness (QED) is 0.261. The zero-order chi connectivity index (χ0) is 16.7. The molecule has 0 spiro atoms. The van der Waals surface area contributed by atoms with Crippen LogP contribution in [0.4, 0.5) is 0 Å². The lowest BCUT2D eigenvalue weighted by Crippen LogP contribution is -2.31. The van der Waals surface area contributed by atoms with E-state index in [1.54, 1.807) is 0 Å². The molecule has 0 saturated heterocycles. The number of carbonyl (C=O) groups excluding carboxylic acids is 2. The van der Waals surface area contributed by atoms with Gasteiger partial charge >= 0.3 is 0 Å². The molecule has 0 radical (unpaired) electrons. The fourth-order valence-electron chi connectivity index (χ4n) is 3.17. The first-order valence-corrected chi connectivity index (χ1v) is 8.51. The number of nitrogens with two attached hydrogens (primary N) is 1. The zero-order valence-corrected chi connectivity index (χ0v) is 13.5. The summed E-state index contributed by atoms with van der Waals surface area (Å²) in [7, 11) is 0. The zero-order valence-electron chi connectivity index (χ0n) is 12.7. The molecule has 4 rings (SSSR count). The Kier molecular flexibility index (Phi) is 3.59. The van der Waals surface area contributed by atoms with Crippen LogP contribution in [0.25, 0.3) is 21.9 Å². The molecule has 0 bridgehead atoms. The van der Waals surface area contributed by atoms with Crippen LogP contribution in [-0.4, -0.2) is 17.4 Å². The van der Waals surface area contributed by atoms with E-state index in [1.807, 2.05) is 54.6 Å². The topological polar surface area (TPSA) is 72.2 Å². The van der Waals surface area contributed by atoms with Gasteiger partial charge in [0.1, 0.15) is 0 Å². The van der Waals surface area contributed by atoms with Gasteiger partial charge in [-0.15, -0.1) is 11.8 Å². The van der Waals surface area contributed by atoms with Crippen molar-refractivity contribution in [1.82, 2.24) is 5.43 Å². The Morgan fingerprint density at radius 2 is 1.67 bits per heavy atom. The summed E-state index contributed by atoms with van der Waals surface area (Å²) in [6.07, 6.45) is 0. The number of nitrogens with one attached hydrogen (secondary N) is 1. The van der Waals surface area contributed by atoms with Gasteiger partial charge in [0.25, 0.3) is 0 Å². The van der Waals surface area contributed by atoms with E-state index in [2.05, 4.69) is 5.43 Å². The molecule has 3 aromatic rings. The molecule has 1 amide bonds. The number of hydrazine groups is 1. The van der Waals surface area contributed by atoms with Crippen LogP contribution < -0.4 is 11.3 Å². The third kappa shape index (κ3) is 2.21. The lowest BCUT2D eigenvalue weighted by atomic mass is 9.83. The van der Waals surface area contributed by atoms with Crippen molar-refractivity contribution in [3.63, 3.8) is 0 Å². The summed E-state index contributed by atoms with van der Waals surface area (Å²) in [4.78, 5) is 25.2. The summed E-state index contributed by atoms with van der Waals surface area (Å²) in [5.41, 5.74) is 5.61. The first kappa shape index (κ1) is 14.9. The number of hydrogen-bond donors (Lipinski definition) is 2. The highest BCUT2D eigenvalue weighted by Crippen LogP contribution is 2.42. The van der Waals surface area contributed by atoms with Gasteiger partial charge < -0.3 is 0 Å². The number of hydrogen-bond acceptors (Lipinski definition) is 4. The Morgan fingerprint density at radius 1 is 0.917 bits per heavy atom. The summed E-state index contributed by atoms with van der Waals surface area (Å²) in [5, 5.41) is 1.95. The normalized spacial score (nSPS) is 12.1. The monoisotopic (exact) mass is 334 g/mol. The van der Waals surface area contributed by atoms with Gasteiger partial charge in [-0.2, -0.15) is 0 Å². The van der Waals surface area contributed by atoms with E-state index in [0.717, 1.165) is 32.4 Å². The van der Waals surface area contributed by atoms with E-state index in [0.29, 0.717) is 5.56 Å². The van der Waals surface area contributed by atoms with E-state index in [9.17, 15) is 9.59 Å². The Bertz CT molecular complexity index is 998. The fraction of sp³-hybridized carbons (Fsp3) is 0.0526. The average molecular weight is 334 g/mol. The SMILES string of the molecule is NNC(=O)CSc1ccc2c3c(cccc13)C(=O)c1ccccc1-2. The third-order valence-corrected chi connectivity index (χ3v) is 5.30. The number of fused-ring (bicyclic) bond motifs is 2. The minimum atomic E-state index is -0.234. The van der Waals surface area contributed by atoms with Crippen molar-refractivity contribution in [3.8, 4) is 11.1 Å². The van der Waals surface area contributed by atoms with Gasteiger partial charge in [0, 0.05) is 21.4 Å². The van der Waals surface area contributed by atoms with Crippen LogP contribution in [-0.2, 0) is 4.79 Å². The molecule has 1 aliphatic carbocycles. The first-order chi connectivity index (χ1) is 11.7. The molecule has 0 saturated carbocycles. The molecule has 4 nitrogen and oxygen atoms in total. The van der Waals surface area contributed by atoms with Crippen LogP contribution in [0.15, 0.2) is 59.5 Å². The smallest absolute Gasteiger partial charge is 0.244 e. The molecule has 0 aliphatic heterocycles. The molecule has 3 aromatic carbocycles. The van der Waals surface area contributed by atoms with E-state index in [-0.39, 0.29) is 17.4 Å². The molecule has 5 heteroatoms. The number of benzene rings is 3. The maximum absolute atomic E-state index is 12.8. The maximum atomic E-state index is 12.8. The van der Waals surface area contributed by atoms with Gasteiger partial charge in [0.05, 0.1) is 5.75 Å². The van der Waals surface area contributed by atoms with Gasteiger partial charge in [-0.25, -0.2) is 5.84 Å². The van der Waals surface area contributed by atoms with Crippen molar-refractivity contribution in [1.29, 1.82) is 0 Å². The van der Waals surface area contributed by atoms with Crippen LogP contribution >= 0.6 is 11.8 Å². The number of rotatable bonds is 3. The summed E-state index contributed by atoms with van der Waals surface area (Å²) >= 11 is 1.41. The van der Waals surface area contributed by atoms with Crippen LogP contribution in [0.5, 0.6) is 0 Å². The van der Waals surface area contributed by atoms with Crippen molar-refractivity contribution in [3.05, 3.63) is 65.7 Å². The maximum Gasteiger partial charge on any atom is 0.244 e. The molecule has 0 atom stereocenters. The second kappa shape index (κ2) is 5.78. The Balaban J connectivity index is 1.94. The Hall–Kier alpha value is -2.63. The minimum Gasteiger partial charge on any atom is -0.294 e. The predicted molar refractivity (Wildman–Crippen MR) is 95.9 cm³/mol. The highest BCUT2D eigenvalue weighted by atomic mass is 32.2. The van der Waals surface area contributed by atoms with Gasteiger partial charge in [-0.1, -0.05) is 48.5 Å². The summed E-state index contributed by atoms with van der Waals surface area (Å²) in [6, 6.07) is 17.5. The van der Waals surface area contributed by atoms with Gasteiger partial charge in [0.2, 0.25) is 5.91 Å². The van der Waals surface area contributed by atoms with Crippen molar-refractivity contribution >= 4 is 34.2 Å². The van der Waals surface area contributed by atoms with E-state index < -0.39 is 0 Å². The lowest BCUT2D eigenvalue weighted by molar-refractivity contribution is -0.118. The third-order valence-electron chi connectivity index (χ3n) is 4.23. The average Bonchev–Trinajstić information content (AvgIpc) is 2.64. The number of carbonyl (C=O) groups is 2. The molecule has 0 fully saturated rings. The molecule has 3 N–H and O–H groups in total. The Labute approximate surface area is 143 Å². The number of thioether (sulfide) groups is 1. The second-order valence-corrected chi connectivity index (χ2v) is 6.59. The standard InChI is InChI=1S/C19H14N2O2S/c20-21-17(22)10-24-16-9-8-12-11-4-1-2-5-13(11)19(23)15-7-3-6-14(16)18(12)15/h1-9H,10,20H2,(H,21,22). The molecule has 0 heterocycles. The second-order valence-electron chi connectivity index (χ2n) is 5.57. The number of ketones is 1. The van der Waals surface area contributed by atoms with E-state index >= 15 is 0 Å². The summed E-state index contributed by atoms with van der Waals surface area (Å²) in [6.45, 7) is 0. The lowest BCUT2D eigenvalue weighted by Gasteiger charge is -2.21. The van der Waals surface area contributed by atoms with Crippen molar-refractivity contribution in [2.45, 2.75) is 4.90 Å². The molecule has 1 aliphatic rings. The molecule has 0 aromatic heterocycles. The van der Waals surface area contributed by atoms with Crippen LogP contribution in [0.1, 0.15) is 15.9 Å². The highest BCUT2D eigenvalue weighted by molar-refractivity contribution is 8.00. The summed E-state index contributed by atoms with van der Waals surface area (Å²) in [5.74, 6) is 5.19. The van der Waals surface area contributed by atoms with Crippen LogP contribution in [0.3, 0.4) is 0 Å². The van der Waals surface area contributed by atoms with Crippen molar-refractivity contribution in [2.75, 3.05) is 5.75 Å².